The van der Waals surface area contributed by atoms with Crippen LogP contribution in [0.5, 0.6) is 0 Å². The fraction of sp³-hybridized carbons (Fsp3) is 0.844. The Labute approximate surface area is 340 Å². The molecular formula is C45H72N2O10. The molecule has 2 spiro atoms. The van der Waals surface area contributed by atoms with Gasteiger partial charge in [-0.05, 0) is 108 Å². The first kappa shape index (κ1) is 44.2. The number of hydrogen-bond acceptors (Lipinski definition) is 11. The van der Waals surface area contributed by atoms with E-state index in [0.717, 1.165) is 42.6 Å². The Morgan fingerprint density at radius 3 is 2.37 bits per heavy atom. The lowest BCUT2D eigenvalue weighted by atomic mass is 9.76. The van der Waals surface area contributed by atoms with Gasteiger partial charge in [-0.2, -0.15) is 5.10 Å². The molecule has 0 aliphatic carbocycles. The van der Waals surface area contributed by atoms with Crippen molar-refractivity contribution < 1.29 is 47.9 Å². The predicted octanol–water partition coefficient (Wildman–Crippen LogP) is 7.95. The second-order valence-corrected chi connectivity index (χ2v) is 18.6. The summed E-state index contributed by atoms with van der Waals surface area (Å²) >= 11 is 0. The zero-order valence-corrected chi connectivity index (χ0v) is 36.7. The molecule has 0 aromatic carbocycles. The fourth-order valence-corrected chi connectivity index (χ4v) is 11.1. The number of aliphatic hydroxyl groups is 1. The molecule has 5 aliphatic heterocycles. The maximum Gasteiger partial charge on any atom is 0.311 e. The molecule has 5 aliphatic rings. The van der Waals surface area contributed by atoms with Crippen LogP contribution in [0.4, 0.5) is 0 Å². The molecule has 6 rings (SSSR count). The van der Waals surface area contributed by atoms with Gasteiger partial charge in [0.15, 0.2) is 11.9 Å². The number of nitrogens with zero attached hydrogens (tertiary/aromatic N) is 1. The topological polar surface area (TPSA) is 148 Å². The smallest absolute Gasteiger partial charge is 0.311 e. The van der Waals surface area contributed by atoms with E-state index in [1.54, 1.807) is 0 Å². The molecule has 0 bridgehead atoms. The van der Waals surface area contributed by atoms with Crippen molar-refractivity contribution in [2.24, 2.45) is 23.7 Å². The summed E-state index contributed by atoms with van der Waals surface area (Å²) in [6, 6.07) is 0. The number of carbonyl (C=O) groups is 2. The van der Waals surface area contributed by atoms with E-state index in [-0.39, 0.29) is 66.1 Å². The third-order valence-electron chi connectivity index (χ3n) is 14.9. The molecule has 0 radical (unpaired) electrons. The molecule has 12 heteroatoms. The van der Waals surface area contributed by atoms with E-state index in [1.807, 2.05) is 32.9 Å². The largest absolute Gasteiger partial charge is 0.469 e. The molecule has 16 atom stereocenters. The number of H-pyrrole nitrogens is 1. The van der Waals surface area contributed by atoms with Gasteiger partial charge < -0.3 is 38.3 Å². The maximum absolute atomic E-state index is 12.6. The molecule has 12 nitrogen and oxygen atoms in total. The molecule has 6 heterocycles. The van der Waals surface area contributed by atoms with Gasteiger partial charge in [0.05, 0.1) is 60.4 Å². The summed E-state index contributed by atoms with van der Waals surface area (Å²) in [6.07, 6.45) is 9.11. The molecule has 0 saturated carbocycles. The lowest BCUT2D eigenvalue weighted by Gasteiger charge is -2.54. The average molecular weight is 801 g/mol. The highest BCUT2D eigenvalue weighted by Crippen LogP contribution is 2.55. The summed E-state index contributed by atoms with van der Waals surface area (Å²) in [5.41, 5.74) is 1.53. The van der Waals surface area contributed by atoms with Crippen LogP contribution >= 0.6 is 0 Å². The third kappa shape index (κ3) is 8.13. The average Bonchev–Trinajstić information content (AvgIpc) is 3.73. The molecule has 322 valence electrons. The minimum atomic E-state index is -1.28. The Bertz CT molecular complexity index is 1620. The Morgan fingerprint density at radius 1 is 1.00 bits per heavy atom. The van der Waals surface area contributed by atoms with Gasteiger partial charge in [0.2, 0.25) is 5.79 Å². The second kappa shape index (κ2) is 17.0. The van der Waals surface area contributed by atoms with Crippen molar-refractivity contribution in [2.75, 3.05) is 7.11 Å². The number of hydrogen-bond donors (Lipinski definition) is 2. The minimum Gasteiger partial charge on any atom is -0.469 e. The van der Waals surface area contributed by atoms with Crippen LogP contribution in [0.25, 0.3) is 0 Å². The molecule has 1 aromatic rings. The number of ether oxygens (including phenoxy) is 7. The fourth-order valence-electron chi connectivity index (χ4n) is 11.1. The Kier molecular flexibility index (Phi) is 13.2. The van der Waals surface area contributed by atoms with Crippen molar-refractivity contribution in [2.45, 2.75) is 212 Å². The van der Waals surface area contributed by atoms with Gasteiger partial charge in [-0.25, -0.2) is 0 Å². The second-order valence-electron chi connectivity index (χ2n) is 18.6. The highest BCUT2D eigenvalue weighted by Gasteiger charge is 2.64. The summed E-state index contributed by atoms with van der Waals surface area (Å²) in [5.74, 6) is -2.85. The first-order chi connectivity index (χ1) is 26.9. The lowest BCUT2D eigenvalue weighted by Crippen LogP contribution is -2.63. The van der Waals surface area contributed by atoms with Crippen LogP contribution in [-0.4, -0.2) is 93.8 Å². The van der Waals surface area contributed by atoms with Gasteiger partial charge in [-0.3, -0.25) is 14.7 Å². The molecule has 1 aromatic heterocycles. The van der Waals surface area contributed by atoms with Crippen LogP contribution in [0.15, 0.2) is 12.2 Å². The highest BCUT2D eigenvalue weighted by molar-refractivity contribution is 5.73. The Balaban J connectivity index is 1.25. The number of aromatic nitrogens is 2. The summed E-state index contributed by atoms with van der Waals surface area (Å²) in [4.78, 5) is 25.1. The van der Waals surface area contributed by atoms with Crippen LogP contribution in [0.1, 0.15) is 162 Å². The van der Waals surface area contributed by atoms with E-state index >= 15 is 0 Å². The molecule has 0 amide bonds. The van der Waals surface area contributed by atoms with Gasteiger partial charge in [-0.1, -0.05) is 48.5 Å². The third-order valence-corrected chi connectivity index (χ3v) is 14.9. The summed E-state index contributed by atoms with van der Waals surface area (Å²) in [5, 5.41) is 19.6. The molecule has 4 fully saturated rings. The summed E-state index contributed by atoms with van der Waals surface area (Å²) in [6.45, 7) is 22.6. The maximum atomic E-state index is 12.6. The predicted molar refractivity (Wildman–Crippen MR) is 214 cm³/mol. The molecule has 57 heavy (non-hydrogen) atoms. The summed E-state index contributed by atoms with van der Waals surface area (Å²) < 4.78 is 45.9. The van der Waals surface area contributed by atoms with Crippen molar-refractivity contribution >= 4 is 11.9 Å². The number of nitrogens with one attached hydrogen (secondary N) is 1. The van der Waals surface area contributed by atoms with Gasteiger partial charge in [0, 0.05) is 36.8 Å². The van der Waals surface area contributed by atoms with Crippen LogP contribution in [0.3, 0.4) is 0 Å². The quantitative estimate of drug-likeness (QED) is 0.166. The van der Waals surface area contributed by atoms with E-state index in [9.17, 15) is 14.7 Å². The van der Waals surface area contributed by atoms with Gasteiger partial charge in [0.1, 0.15) is 0 Å². The minimum absolute atomic E-state index is 0.0000671. The number of methoxy groups -OCH3 is 1. The molecule has 4 saturated heterocycles. The first-order valence-electron chi connectivity index (χ1n) is 22.0. The van der Waals surface area contributed by atoms with Crippen molar-refractivity contribution in [3.8, 4) is 0 Å². The van der Waals surface area contributed by atoms with Crippen LogP contribution < -0.4 is 0 Å². The zero-order chi connectivity index (χ0) is 41.7. The lowest BCUT2D eigenvalue weighted by molar-refractivity contribution is -0.408. The zero-order valence-electron chi connectivity index (χ0n) is 36.7. The van der Waals surface area contributed by atoms with Gasteiger partial charge in [-0.15, -0.1) is 0 Å². The molecular weight excluding hydrogens is 728 g/mol. The number of esters is 2. The highest BCUT2D eigenvalue weighted by atomic mass is 16.8. The number of carbonyl (C=O) groups excluding carboxylic acids is 2. The van der Waals surface area contributed by atoms with E-state index in [2.05, 4.69) is 53.6 Å². The van der Waals surface area contributed by atoms with Crippen molar-refractivity contribution in [3.05, 3.63) is 29.1 Å². The van der Waals surface area contributed by atoms with Crippen LogP contribution in [0.2, 0.25) is 0 Å². The molecule has 16 unspecified atom stereocenters. The monoisotopic (exact) mass is 801 g/mol. The van der Waals surface area contributed by atoms with Crippen LogP contribution in [-0.2, 0) is 42.7 Å². The number of rotatable bonds is 11. The van der Waals surface area contributed by atoms with E-state index < -0.39 is 34.8 Å². The van der Waals surface area contributed by atoms with Gasteiger partial charge in [0.25, 0.3) is 0 Å². The SMILES string of the molecule is CCC(C(=O)OC)C1CCC(C)C(C(C)c2n[nH]c(C(CC)C3OC4(C=CC(OC(C)=O)C5(CCC(C)(C6CCC(O)(CC)C(C)O6)O5)O4)C(C)CC3C)c2C)O1. The van der Waals surface area contributed by atoms with Crippen molar-refractivity contribution in [3.63, 3.8) is 0 Å². The van der Waals surface area contributed by atoms with E-state index in [4.69, 9.17) is 38.3 Å². The van der Waals surface area contributed by atoms with E-state index in [1.165, 1.54) is 14.0 Å². The normalized spacial score (nSPS) is 42.5. The Morgan fingerprint density at radius 2 is 1.74 bits per heavy atom. The van der Waals surface area contributed by atoms with E-state index in [0.29, 0.717) is 44.4 Å². The number of aromatic amines is 1. The van der Waals surface area contributed by atoms with Crippen LogP contribution in [0, 0.1) is 30.6 Å². The van der Waals surface area contributed by atoms with Crippen molar-refractivity contribution in [1.29, 1.82) is 0 Å². The first-order valence-corrected chi connectivity index (χ1v) is 22.0. The molecule has 2 N–H and O–H groups in total. The van der Waals surface area contributed by atoms with Crippen molar-refractivity contribution in [1.82, 2.24) is 10.2 Å². The Hall–Kier alpha value is -2.35. The standard InChI is InChI=1S/C45H72N2O10/c1-13-32(41(49)51-12)34-17-16-25(4)39(54-34)29(8)37-28(7)38(47-46-37)33(14-2)40-26(5)24-27(6)44(55-40)21-19-36(53-31(10)48)45(57-44)23-22-42(11,56-45)35-18-20-43(50,15-3)30(9)52-35/h19,21,25-27,29-30,32-36,39-40,50H,13-18,20,22-24H2,1-12H3,(H,46,47). The van der Waals surface area contributed by atoms with Gasteiger partial charge >= 0.3 is 11.9 Å². The summed E-state index contributed by atoms with van der Waals surface area (Å²) in [7, 11) is 1.45.